The molecule has 0 heterocycles. The molecule has 0 fully saturated rings. The molecule has 114 valence electrons. The van der Waals surface area contributed by atoms with Crippen LogP contribution in [-0.4, -0.2) is 19.6 Å². The number of methoxy groups -OCH3 is 1. The summed E-state index contributed by atoms with van der Waals surface area (Å²) >= 11 is 6.83. The number of esters is 1. The van der Waals surface area contributed by atoms with Crippen LogP contribution in [0.1, 0.15) is 37.0 Å². The smallest absolute Gasteiger partial charge is 0.340 e. The number of hydrogen-bond donors (Lipinski definition) is 1. The molecular formula is C15H18Br2N2O2. The van der Waals surface area contributed by atoms with E-state index in [9.17, 15) is 4.79 Å². The molecule has 0 aliphatic carbocycles. The minimum absolute atomic E-state index is 0.0460. The van der Waals surface area contributed by atoms with E-state index in [0.717, 1.165) is 15.4 Å². The van der Waals surface area contributed by atoms with Crippen molar-refractivity contribution in [2.24, 2.45) is 5.41 Å². The summed E-state index contributed by atoms with van der Waals surface area (Å²) in [4.78, 5) is 11.9. The van der Waals surface area contributed by atoms with Crippen LogP contribution in [0.4, 0.5) is 5.69 Å². The molecule has 0 aliphatic rings. The fraction of sp³-hybridized carbons (Fsp3) is 0.467. The monoisotopic (exact) mass is 416 g/mol. The number of nitrogens with zero attached hydrogens (tertiary/aromatic N) is 1. The zero-order chi connectivity index (χ0) is 16.0. The van der Waals surface area contributed by atoms with Crippen molar-refractivity contribution in [2.45, 2.75) is 26.7 Å². The molecule has 6 heteroatoms. The molecule has 0 atom stereocenters. The summed E-state index contributed by atoms with van der Waals surface area (Å²) in [6.45, 7) is 4.82. The number of anilines is 1. The maximum atomic E-state index is 11.9. The van der Waals surface area contributed by atoms with E-state index in [2.05, 4.69) is 57.1 Å². The van der Waals surface area contributed by atoms with Crippen LogP contribution in [0.25, 0.3) is 0 Å². The Morgan fingerprint density at radius 2 is 2.10 bits per heavy atom. The Morgan fingerprint density at radius 3 is 2.67 bits per heavy atom. The van der Waals surface area contributed by atoms with Crippen molar-refractivity contribution in [3.05, 3.63) is 26.6 Å². The molecule has 0 aliphatic heterocycles. The van der Waals surface area contributed by atoms with E-state index in [1.54, 1.807) is 6.07 Å². The molecule has 0 unspecified atom stereocenters. The number of rotatable bonds is 6. The summed E-state index contributed by atoms with van der Waals surface area (Å²) in [6, 6.07) is 5.76. The van der Waals surface area contributed by atoms with Crippen LogP contribution in [-0.2, 0) is 4.74 Å². The lowest BCUT2D eigenvalue weighted by Crippen LogP contribution is -2.24. The van der Waals surface area contributed by atoms with Crippen LogP contribution < -0.4 is 5.32 Å². The average molecular weight is 418 g/mol. The van der Waals surface area contributed by atoms with Gasteiger partial charge in [-0.2, -0.15) is 5.26 Å². The molecule has 0 saturated carbocycles. The van der Waals surface area contributed by atoms with Crippen LogP contribution in [0.5, 0.6) is 0 Å². The van der Waals surface area contributed by atoms with Crippen molar-refractivity contribution in [3.63, 3.8) is 0 Å². The fourth-order valence-corrected chi connectivity index (χ4v) is 3.20. The van der Waals surface area contributed by atoms with E-state index < -0.39 is 5.97 Å². The summed E-state index contributed by atoms with van der Waals surface area (Å²) in [7, 11) is 1.36. The summed E-state index contributed by atoms with van der Waals surface area (Å²) < 4.78 is 6.40. The molecule has 0 aromatic heterocycles. The Bertz CT molecular complexity index is 566. The predicted octanol–water partition coefficient (Wildman–Crippen LogP) is 4.74. The summed E-state index contributed by atoms with van der Waals surface area (Å²) in [5.41, 5.74) is 1.13. The third-order valence-electron chi connectivity index (χ3n) is 3.12. The van der Waals surface area contributed by atoms with E-state index >= 15 is 0 Å². The normalized spacial score (nSPS) is 10.9. The van der Waals surface area contributed by atoms with Crippen molar-refractivity contribution in [1.29, 1.82) is 5.26 Å². The minimum atomic E-state index is -0.394. The van der Waals surface area contributed by atoms with Crippen LogP contribution in [0, 0.1) is 16.7 Å². The van der Waals surface area contributed by atoms with Crippen molar-refractivity contribution in [2.75, 3.05) is 19.0 Å². The summed E-state index contributed by atoms with van der Waals surface area (Å²) in [5.74, 6) is -0.394. The molecule has 0 amide bonds. The van der Waals surface area contributed by atoms with E-state index in [4.69, 9.17) is 10.00 Å². The maximum Gasteiger partial charge on any atom is 0.340 e. The highest BCUT2D eigenvalue weighted by Gasteiger charge is 2.21. The maximum absolute atomic E-state index is 11.9. The van der Waals surface area contributed by atoms with Gasteiger partial charge < -0.3 is 10.1 Å². The van der Waals surface area contributed by atoms with E-state index in [1.807, 2.05) is 6.07 Å². The SMILES string of the molecule is COC(=O)c1cc(Br)cc(Br)c1NCC(C)(C)CCC#N. The molecule has 0 radical (unpaired) electrons. The van der Waals surface area contributed by atoms with Crippen molar-refractivity contribution >= 4 is 43.5 Å². The predicted molar refractivity (Wildman–Crippen MR) is 90.3 cm³/mol. The highest BCUT2D eigenvalue weighted by molar-refractivity contribution is 9.11. The van der Waals surface area contributed by atoms with Crippen LogP contribution >= 0.6 is 31.9 Å². The number of ether oxygens (including phenoxy) is 1. The fourth-order valence-electron chi connectivity index (χ4n) is 1.83. The molecule has 0 spiro atoms. The van der Waals surface area contributed by atoms with Gasteiger partial charge in [0, 0.05) is 21.9 Å². The zero-order valence-electron chi connectivity index (χ0n) is 12.3. The molecule has 1 rings (SSSR count). The van der Waals surface area contributed by atoms with Gasteiger partial charge in [0.2, 0.25) is 0 Å². The van der Waals surface area contributed by atoms with Gasteiger partial charge in [0.25, 0.3) is 0 Å². The molecule has 0 saturated heterocycles. The Morgan fingerprint density at radius 1 is 1.43 bits per heavy atom. The molecule has 1 aromatic rings. The molecule has 0 bridgehead atoms. The number of benzene rings is 1. The van der Waals surface area contributed by atoms with Gasteiger partial charge in [-0.25, -0.2) is 4.79 Å². The second-order valence-electron chi connectivity index (χ2n) is 5.48. The van der Waals surface area contributed by atoms with Gasteiger partial charge in [0.15, 0.2) is 0 Å². The van der Waals surface area contributed by atoms with E-state index in [-0.39, 0.29) is 5.41 Å². The van der Waals surface area contributed by atoms with Gasteiger partial charge in [-0.1, -0.05) is 29.8 Å². The van der Waals surface area contributed by atoms with Gasteiger partial charge in [-0.05, 0) is 39.9 Å². The number of carbonyl (C=O) groups is 1. The quantitative estimate of drug-likeness (QED) is 0.679. The number of hydrogen-bond acceptors (Lipinski definition) is 4. The lowest BCUT2D eigenvalue weighted by molar-refractivity contribution is 0.0601. The lowest BCUT2D eigenvalue weighted by Gasteiger charge is -2.25. The standard InChI is InChI=1S/C15H18Br2N2O2/c1-15(2,5-4-6-18)9-19-13-11(14(20)21-3)7-10(16)8-12(13)17/h7-8,19H,4-5,9H2,1-3H3. The molecular weight excluding hydrogens is 400 g/mol. The third-order valence-corrected chi connectivity index (χ3v) is 4.20. The molecule has 4 nitrogen and oxygen atoms in total. The molecule has 1 aromatic carbocycles. The highest BCUT2D eigenvalue weighted by atomic mass is 79.9. The zero-order valence-corrected chi connectivity index (χ0v) is 15.5. The first-order valence-corrected chi connectivity index (χ1v) is 8.07. The third kappa shape index (κ3) is 5.33. The second kappa shape index (κ2) is 7.81. The van der Waals surface area contributed by atoms with Crippen molar-refractivity contribution < 1.29 is 9.53 Å². The largest absolute Gasteiger partial charge is 0.465 e. The number of nitriles is 1. The summed E-state index contributed by atoms with van der Waals surface area (Å²) in [6.07, 6.45) is 1.30. The lowest BCUT2D eigenvalue weighted by atomic mass is 9.88. The first-order valence-electron chi connectivity index (χ1n) is 6.49. The highest BCUT2D eigenvalue weighted by Crippen LogP contribution is 2.33. The Hall–Kier alpha value is -1.06. The molecule has 1 N–H and O–H groups in total. The van der Waals surface area contributed by atoms with Gasteiger partial charge in [0.05, 0.1) is 24.4 Å². The second-order valence-corrected chi connectivity index (χ2v) is 7.25. The van der Waals surface area contributed by atoms with Crippen LogP contribution in [0.15, 0.2) is 21.1 Å². The number of nitrogens with one attached hydrogen (secondary N) is 1. The topological polar surface area (TPSA) is 62.1 Å². The van der Waals surface area contributed by atoms with E-state index in [0.29, 0.717) is 24.2 Å². The molecule has 21 heavy (non-hydrogen) atoms. The Kier molecular flexibility index (Phi) is 6.69. The van der Waals surface area contributed by atoms with Crippen LogP contribution in [0.3, 0.4) is 0 Å². The minimum Gasteiger partial charge on any atom is -0.465 e. The Labute approximate surface area is 142 Å². The average Bonchev–Trinajstić information content (AvgIpc) is 2.42. The Balaban J connectivity index is 2.97. The number of carbonyl (C=O) groups excluding carboxylic acids is 1. The van der Waals surface area contributed by atoms with Gasteiger partial charge in [-0.3, -0.25) is 0 Å². The van der Waals surface area contributed by atoms with Crippen molar-refractivity contribution in [1.82, 2.24) is 0 Å². The van der Waals surface area contributed by atoms with Gasteiger partial charge in [-0.15, -0.1) is 0 Å². The van der Waals surface area contributed by atoms with Gasteiger partial charge in [0.1, 0.15) is 0 Å². The number of halogens is 2. The first-order chi connectivity index (χ1) is 9.80. The summed E-state index contributed by atoms with van der Waals surface area (Å²) in [5, 5.41) is 12.0. The van der Waals surface area contributed by atoms with Crippen LogP contribution in [0.2, 0.25) is 0 Å². The van der Waals surface area contributed by atoms with E-state index in [1.165, 1.54) is 7.11 Å². The van der Waals surface area contributed by atoms with Crippen molar-refractivity contribution in [3.8, 4) is 6.07 Å². The van der Waals surface area contributed by atoms with Gasteiger partial charge >= 0.3 is 5.97 Å². The first kappa shape index (κ1) is 18.0.